The number of anilines is 1. The molecule has 1 aromatic carbocycles. The van der Waals surface area contributed by atoms with E-state index in [0.717, 1.165) is 35.8 Å². The van der Waals surface area contributed by atoms with Crippen molar-refractivity contribution in [1.29, 1.82) is 0 Å². The van der Waals surface area contributed by atoms with Gasteiger partial charge in [-0.1, -0.05) is 29.8 Å². The van der Waals surface area contributed by atoms with Crippen molar-refractivity contribution in [3.63, 3.8) is 0 Å². The van der Waals surface area contributed by atoms with Crippen LogP contribution in [-0.2, 0) is 13.1 Å². The molecule has 1 aliphatic heterocycles. The second-order valence-corrected chi connectivity index (χ2v) is 5.12. The molecule has 0 saturated carbocycles. The zero-order valence-electron chi connectivity index (χ0n) is 11.1. The summed E-state index contributed by atoms with van der Waals surface area (Å²) in [7, 11) is 0. The fraction of sp³-hybridized carbons (Fsp3) is 0.267. The van der Waals surface area contributed by atoms with Gasteiger partial charge in [0.1, 0.15) is 18.2 Å². The summed E-state index contributed by atoms with van der Waals surface area (Å²) in [6, 6.07) is 10.0. The number of halogens is 1. The largest absolute Gasteiger partial charge is 0.491 e. The number of rotatable bonds is 2. The molecule has 104 valence electrons. The Balaban J connectivity index is 1.91. The summed E-state index contributed by atoms with van der Waals surface area (Å²) in [5.74, 6) is 1.83. The first-order valence-corrected chi connectivity index (χ1v) is 6.96. The van der Waals surface area contributed by atoms with Gasteiger partial charge in [0, 0.05) is 24.8 Å². The van der Waals surface area contributed by atoms with Gasteiger partial charge in [0.2, 0.25) is 0 Å². The minimum atomic E-state index is 0.412. The van der Waals surface area contributed by atoms with Crippen molar-refractivity contribution in [2.45, 2.75) is 13.1 Å². The fourth-order valence-electron chi connectivity index (χ4n) is 2.32. The van der Waals surface area contributed by atoms with E-state index in [9.17, 15) is 0 Å². The van der Waals surface area contributed by atoms with Gasteiger partial charge in [-0.2, -0.15) is 0 Å². The lowest BCUT2D eigenvalue weighted by molar-refractivity contribution is 0.331. The summed E-state index contributed by atoms with van der Waals surface area (Å²) in [4.78, 5) is 6.59. The molecule has 0 aliphatic carbocycles. The summed E-state index contributed by atoms with van der Waals surface area (Å²) in [6.07, 6.45) is 1.66. The quantitative estimate of drug-likeness (QED) is 0.923. The van der Waals surface area contributed by atoms with Gasteiger partial charge in [-0.15, -0.1) is 0 Å². The zero-order chi connectivity index (χ0) is 13.9. The van der Waals surface area contributed by atoms with Crippen LogP contribution in [0.25, 0.3) is 0 Å². The van der Waals surface area contributed by atoms with Gasteiger partial charge in [0.05, 0.1) is 11.6 Å². The Labute approximate surface area is 123 Å². The van der Waals surface area contributed by atoms with Crippen LogP contribution in [-0.4, -0.2) is 18.1 Å². The second kappa shape index (κ2) is 5.69. The predicted molar refractivity (Wildman–Crippen MR) is 80.1 cm³/mol. The van der Waals surface area contributed by atoms with Crippen LogP contribution in [0.3, 0.4) is 0 Å². The average molecular weight is 290 g/mol. The van der Waals surface area contributed by atoms with Crippen molar-refractivity contribution >= 4 is 17.4 Å². The summed E-state index contributed by atoms with van der Waals surface area (Å²) in [6.45, 7) is 2.61. The van der Waals surface area contributed by atoms with E-state index in [-0.39, 0.29) is 0 Å². The zero-order valence-corrected chi connectivity index (χ0v) is 11.8. The fourth-order valence-corrected chi connectivity index (χ4v) is 2.50. The molecule has 4 nitrogen and oxygen atoms in total. The lowest BCUT2D eigenvalue weighted by atomic mass is 10.2. The molecule has 0 fully saturated rings. The Kier molecular flexibility index (Phi) is 3.76. The summed E-state index contributed by atoms with van der Waals surface area (Å²) in [5.41, 5.74) is 7.78. The molecule has 2 aromatic rings. The maximum Gasteiger partial charge on any atom is 0.129 e. The van der Waals surface area contributed by atoms with E-state index in [1.165, 1.54) is 0 Å². The Morgan fingerprint density at radius 3 is 3.05 bits per heavy atom. The maximum absolute atomic E-state index is 6.06. The standard InChI is InChI=1S/C15H16ClN3O/c16-13-9-18-15(7-12(13)8-17)19-5-6-20-14-4-2-1-3-11(14)10-19/h1-4,7,9H,5-6,8,10,17H2. The van der Waals surface area contributed by atoms with Gasteiger partial charge in [-0.3, -0.25) is 0 Å². The molecule has 0 radical (unpaired) electrons. The van der Waals surface area contributed by atoms with Crippen LogP contribution in [0.5, 0.6) is 5.75 Å². The Morgan fingerprint density at radius 2 is 2.20 bits per heavy atom. The molecular formula is C15H16ClN3O. The van der Waals surface area contributed by atoms with Crippen LogP contribution in [0.15, 0.2) is 36.5 Å². The number of aromatic nitrogens is 1. The average Bonchev–Trinajstić information content (AvgIpc) is 2.70. The van der Waals surface area contributed by atoms with E-state index in [1.807, 2.05) is 24.3 Å². The highest BCUT2D eigenvalue weighted by Crippen LogP contribution is 2.26. The van der Waals surface area contributed by atoms with Crippen molar-refractivity contribution in [3.05, 3.63) is 52.7 Å². The minimum absolute atomic E-state index is 0.412. The SMILES string of the molecule is NCc1cc(N2CCOc3ccccc3C2)ncc1Cl. The van der Waals surface area contributed by atoms with Crippen LogP contribution >= 0.6 is 11.6 Å². The number of pyridine rings is 1. The molecule has 2 heterocycles. The predicted octanol–water partition coefficient (Wildman–Crippen LogP) is 2.59. The van der Waals surface area contributed by atoms with E-state index in [4.69, 9.17) is 22.1 Å². The van der Waals surface area contributed by atoms with Crippen molar-refractivity contribution in [3.8, 4) is 5.75 Å². The Morgan fingerprint density at radius 1 is 1.35 bits per heavy atom. The highest BCUT2D eigenvalue weighted by atomic mass is 35.5. The normalized spacial score (nSPS) is 14.4. The second-order valence-electron chi connectivity index (χ2n) is 4.72. The molecule has 3 rings (SSSR count). The van der Waals surface area contributed by atoms with E-state index in [0.29, 0.717) is 18.2 Å². The maximum atomic E-state index is 6.06. The number of hydrogen-bond acceptors (Lipinski definition) is 4. The Bertz CT molecular complexity index is 618. The van der Waals surface area contributed by atoms with E-state index in [1.54, 1.807) is 6.20 Å². The topological polar surface area (TPSA) is 51.4 Å². The molecule has 0 amide bonds. The molecule has 0 bridgehead atoms. The van der Waals surface area contributed by atoms with Crippen LogP contribution in [0.2, 0.25) is 5.02 Å². The first-order chi connectivity index (χ1) is 9.78. The molecule has 5 heteroatoms. The molecular weight excluding hydrogens is 274 g/mol. The summed E-state index contributed by atoms with van der Waals surface area (Å²) in [5, 5.41) is 0.614. The summed E-state index contributed by atoms with van der Waals surface area (Å²) >= 11 is 6.06. The third-order valence-electron chi connectivity index (χ3n) is 3.42. The number of fused-ring (bicyclic) bond motifs is 1. The third-order valence-corrected chi connectivity index (χ3v) is 3.76. The molecule has 1 aliphatic rings. The molecule has 1 aromatic heterocycles. The Hall–Kier alpha value is -1.78. The van der Waals surface area contributed by atoms with Gasteiger partial charge in [-0.25, -0.2) is 4.98 Å². The van der Waals surface area contributed by atoms with Gasteiger partial charge < -0.3 is 15.4 Å². The number of nitrogens with zero attached hydrogens (tertiary/aromatic N) is 2. The first-order valence-electron chi connectivity index (χ1n) is 6.58. The van der Waals surface area contributed by atoms with Crippen molar-refractivity contribution in [2.24, 2.45) is 5.73 Å². The van der Waals surface area contributed by atoms with E-state index >= 15 is 0 Å². The van der Waals surface area contributed by atoms with Gasteiger partial charge in [0.25, 0.3) is 0 Å². The number of nitrogens with two attached hydrogens (primary N) is 1. The molecule has 2 N–H and O–H groups in total. The number of ether oxygens (including phenoxy) is 1. The van der Waals surface area contributed by atoms with Crippen molar-refractivity contribution in [2.75, 3.05) is 18.1 Å². The number of hydrogen-bond donors (Lipinski definition) is 1. The highest BCUT2D eigenvalue weighted by Gasteiger charge is 2.16. The lowest BCUT2D eigenvalue weighted by Gasteiger charge is -2.21. The third kappa shape index (κ3) is 2.57. The molecule has 0 atom stereocenters. The van der Waals surface area contributed by atoms with E-state index in [2.05, 4.69) is 16.0 Å². The monoisotopic (exact) mass is 289 g/mol. The van der Waals surface area contributed by atoms with Gasteiger partial charge in [-0.05, 0) is 17.7 Å². The van der Waals surface area contributed by atoms with Crippen LogP contribution in [0, 0.1) is 0 Å². The van der Waals surface area contributed by atoms with Crippen LogP contribution < -0.4 is 15.4 Å². The molecule has 20 heavy (non-hydrogen) atoms. The molecule has 0 spiro atoms. The molecule has 0 unspecified atom stereocenters. The van der Waals surface area contributed by atoms with Gasteiger partial charge >= 0.3 is 0 Å². The summed E-state index contributed by atoms with van der Waals surface area (Å²) < 4.78 is 5.76. The number of para-hydroxylation sites is 1. The van der Waals surface area contributed by atoms with Crippen molar-refractivity contribution in [1.82, 2.24) is 4.98 Å². The minimum Gasteiger partial charge on any atom is -0.491 e. The van der Waals surface area contributed by atoms with Gasteiger partial charge in [0.15, 0.2) is 0 Å². The van der Waals surface area contributed by atoms with E-state index < -0.39 is 0 Å². The molecule has 0 saturated heterocycles. The highest BCUT2D eigenvalue weighted by molar-refractivity contribution is 6.31. The lowest BCUT2D eigenvalue weighted by Crippen LogP contribution is -2.26. The van der Waals surface area contributed by atoms with Crippen molar-refractivity contribution < 1.29 is 4.74 Å². The van der Waals surface area contributed by atoms with Crippen LogP contribution in [0.1, 0.15) is 11.1 Å². The number of benzene rings is 1. The first kappa shape index (κ1) is 13.2. The smallest absolute Gasteiger partial charge is 0.129 e. The van der Waals surface area contributed by atoms with Crippen LogP contribution in [0.4, 0.5) is 5.82 Å².